The summed E-state index contributed by atoms with van der Waals surface area (Å²) in [6.07, 6.45) is 5.48. The minimum Gasteiger partial charge on any atom is -0.313 e. The molecule has 0 aliphatic heterocycles. The molecule has 0 amide bonds. The summed E-state index contributed by atoms with van der Waals surface area (Å²) in [5.41, 5.74) is 0. The van der Waals surface area contributed by atoms with Gasteiger partial charge in [0.05, 0.1) is 0 Å². The Balaban J connectivity index is 1.93. The predicted molar refractivity (Wildman–Crippen MR) is 67.2 cm³/mol. The van der Waals surface area contributed by atoms with E-state index in [-0.39, 0.29) is 0 Å². The normalized spacial score (nSPS) is 18.8. The Bertz CT molecular complexity index is 164. The summed E-state index contributed by atoms with van der Waals surface area (Å²) < 4.78 is 0. The molecule has 2 heteroatoms. The van der Waals surface area contributed by atoms with E-state index in [1.54, 1.807) is 0 Å². The average molecular weight is 212 g/mol. The van der Waals surface area contributed by atoms with Crippen LogP contribution in [0.15, 0.2) is 0 Å². The van der Waals surface area contributed by atoms with Crippen molar-refractivity contribution in [1.29, 1.82) is 0 Å². The van der Waals surface area contributed by atoms with Gasteiger partial charge in [0.2, 0.25) is 0 Å². The molecule has 0 spiro atoms. The first-order valence-electron chi connectivity index (χ1n) is 6.53. The molecule has 0 bridgehead atoms. The average Bonchev–Trinajstić information content (AvgIpc) is 2.97. The summed E-state index contributed by atoms with van der Waals surface area (Å²) >= 11 is 0. The maximum absolute atomic E-state index is 3.61. The van der Waals surface area contributed by atoms with E-state index >= 15 is 0 Å². The molecule has 0 aromatic carbocycles. The standard InChI is InChI=1S/C13H28N2/c1-11(2)5-6-12(3)14-9-10-15(4)13-7-8-13/h11-14H,5-10H2,1-4H3. The van der Waals surface area contributed by atoms with E-state index in [1.165, 1.54) is 32.2 Å². The third-order valence-electron chi connectivity index (χ3n) is 3.30. The van der Waals surface area contributed by atoms with Crippen molar-refractivity contribution in [2.45, 2.75) is 58.5 Å². The lowest BCUT2D eigenvalue weighted by molar-refractivity contribution is 0.312. The van der Waals surface area contributed by atoms with Crippen LogP contribution < -0.4 is 5.32 Å². The first kappa shape index (κ1) is 13.0. The van der Waals surface area contributed by atoms with Gasteiger partial charge in [-0.3, -0.25) is 0 Å². The molecule has 1 saturated carbocycles. The molecule has 1 fully saturated rings. The zero-order chi connectivity index (χ0) is 11.3. The fourth-order valence-electron chi connectivity index (χ4n) is 1.87. The number of nitrogens with one attached hydrogen (secondary N) is 1. The Kier molecular flexibility index (Phi) is 5.62. The second kappa shape index (κ2) is 6.49. The smallest absolute Gasteiger partial charge is 0.0107 e. The number of rotatable bonds is 8. The molecule has 15 heavy (non-hydrogen) atoms. The van der Waals surface area contributed by atoms with Crippen LogP contribution in [0, 0.1) is 5.92 Å². The molecule has 90 valence electrons. The molecule has 1 N–H and O–H groups in total. The molecule has 1 aliphatic rings. The molecule has 1 aliphatic carbocycles. The van der Waals surface area contributed by atoms with Gasteiger partial charge in [-0.05, 0) is 45.6 Å². The van der Waals surface area contributed by atoms with E-state index in [2.05, 4.69) is 38.0 Å². The highest BCUT2D eigenvalue weighted by Gasteiger charge is 2.25. The van der Waals surface area contributed by atoms with Crippen molar-refractivity contribution >= 4 is 0 Å². The van der Waals surface area contributed by atoms with Crippen molar-refractivity contribution in [3.05, 3.63) is 0 Å². The number of hydrogen-bond acceptors (Lipinski definition) is 2. The summed E-state index contributed by atoms with van der Waals surface area (Å²) in [6, 6.07) is 1.58. The highest BCUT2D eigenvalue weighted by Crippen LogP contribution is 2.24. The van der Waals surface area contributed by atoms with Crippen molar-refractivity contribution in [3.8, 4) is 0 Å². The Morgan fingerprint density at radius 3 is 2.40 bits per heavy atom. The molecular weight excluding hydrogens is 184 g/mol. The van der Waals surface area contributed by atoms with Crippen molar-refractivity contribution in [2.24, 2.45) is 5.92 Å². The lowest BCUT2D eigenvalue weighted by Gasteiger charge is -2.19. The number of hydrogen-bond donors (Lipinski definition) is 1. The van der Waals surface area contributed by atoms with Gasteiger partial charge in [0, 0.05) is 25.2 Å². The van der Waals surface area contributed by atoms with Gasteiger partial charge in [0.25, 0.3) is 0 Å². The van der Waals surface area contributed by atoms with Crippen molar-refractivity contribution in [2.75, 3.05) is 20.1 Å². The van der Waals surface area contributed by atoms with E-state index in [0.717, 1.165) is 18.5 Å². The van der Waals surface area contributed by atoms with Gasteiger partial charge in [-0.15, -0.1) is 0 Å². The van der Waals surface area contributed by atoms with Crippen molar-refractivity contribution < 1.29 is 0 Å². The molecular formula is C13H28N2. The maximum Gasteiger partial charge on any atom is 0.0107 e. The first-order chi connectivity index (χ1) is 7.09. The molecule has 0 heterocycles. The minimum atomic E-state index is 0.681. The van der Waals surface area contributed by atoms with Gasteiger partial charge in [0.15, 0.2) is 0 Å². The minimum absolute atomic E-state index is 0.681. The SMILES string of the molecule is CC(C)CCC(C)NCCN(C)C1CC1. The van der Waals surface area contributed by atoms with Gasteiger partial charge in [-0.1, -0.05) is 13.8 Å². The molecule has 0 saturated heterocycles. The van der Waals surface area contributed by atoms with Gasteiger partial charge in [-0.25, -0.2) is 0 Å². The molecule has 1 atom stereocenters. The van der Waals surface area contributed by atoms with E-state index < -0.39 is 0 Å². The van der Waals surface area contributed by atoms with Crippen LogP contribution in [-0.4, -0.2) is 37.1 Å². The maximum atomic E-state index is 3.61. The first-order valence-corrected chi connectivity index (χ1v) is 6.53. The summed E-state index contributed by atoms with van der Waals surface area (Å²) in [7, 11) is 2.25. The van der Waals surface area contributed by atoms with E-state index in [0.29, 0.717) is 6.04 Å². The second-order valence-electron chi connectivity index (χ2n) is 5.54. The van der Waals surface area contributed by atoms with Gasteiger partial charge in [0.1, 0.15) is 0 Å². The summed E-state index contributed by atoms with van der Waals surface area (Å²) in [6.45, 7) is 9.25. The van der Waals surface area contributed by atoms with Crippen LogP contribution in [0.1, 0.15) is 46.5 Å². The Hall–Kier alpha value is -0.0800. The Morgan fingerprint density at radius 2 is 1.87 bits per heavy atom. The molecule has 1 unspecified atom stereocenters. The predicted octanol–water partition coefficient (Wildman–Crippen LogP) is 2.49. The lowest BCUT2D eigenvalue weighted by atomic mass is 10.0. The number of nitrogens with zero attached hydrogens (tertiary/aromatic N) is 1. The quantitative estimate of drug-likeness (QED) is 0.665. The van der Waals surface area contributed by atoms with Crippen molar-refractivity contribution in [1.82, 2.24) is 10.2 Å². The molecule has 0 radical (unpaired) electrons. The lowest BCUT2D eigenvalue weighted by Crippen LogP contribution is -2.35. The third-order valence-corrected chi connectivity index (χ3v) is 3.30. The van der Waals surface area contributed by atoms with Crippen LogP contribution in [0.3, 0.4) is 0 Å². The zero-order valence-electron chi connectivity index (χ0n) is 10.9. The van der Waals surface area contributed by atoms with Crippen LogP contribution in [0.5, 0.6) is 0 Å². The molecule has 0 aromatic heterocycles. The highest BCUT2D eigenvalue weighted by atomic mass is 15.2. The van der Waals surface area contributed by atoms with Crippen LogP contribution in [0.2, 0.25) is 0 Å². The monoisotopic (exact) mass is 212 g/mol. The van der Waals surface area contributed by atoms with Crippen LogP contribution in [0.4, 0.5) is 0 Å². The third kappa shape index (κ3) is 6.16. The van der Waals surface area contributed by atoms with Gasteiger partial charge in [-0.2, -0.15) is 0 Å². The topological polar surface area (TPSA) is 15.3 Å². The summed E-state index contributed by atoms with van der Waals surface area (Å²) in [4.78, 5) is 2.49. The van der Waals surface area contributed by atoms with Crippen LogP contribution >= 0.6 is 0 Å². The van der Waals surface area contributed by atoms with Crippen LogP contribution in [-0.2, 0) is 0 Å². The van der Waals surface area contributed by atoms with E-state index in [9.17, 15) is 0 Å². The van der Waals surface area contributed by atoms with Crippen LogP contribution in [0.25, 0.3) is 0 Å². The van der Waals surface area contributed by atoms with Gasteiger partial charge >= 0.3 is 0 Å². The highest BCUT2D eigenvalue weighted by molar-refractivity contribution is 4.82. The van der Waals surface area contributed by atoms with E-state index in [4.69, 9.17) is 0 Å². The van der Waals surface area contributed by atoms with Crippen molar-refractivity contribution in [3.63, 3.8) is 0 Å². The fourth-order valence-corrected chi connectivity index (χ4v) is 1.87. The van der Waals surface area contributed by atoms with Gasteiger partial charge < -0.3 is 10.2 Å². The molecule has 0 aromatic rings. The largest absolute Gasteiger partial charge is 0.313 e. The zero-order valence-corrected chi connectivity index (χ0v) is 10.9. The molecule has 1 rings (SSSR count). The molecule has 2 nitrogen and oxygen atoms in total. The second-order valence-corrected chi connectivity index (χ2v) is 5.54. The summed E-state index contributed by atoms with van der Waals surface area (Å²) in [5.74, 6) is 0.836. The Morgan fingerprint density at radius 1 is 1.20 bits per heavy atom. The van der Waals surface area contributed by atoms with E-state index in [1.807, 2.05) is 0 Å². The number of likely N-dealkylation sites (N-methyl/N-ethyl adjacent to an activating group) is 1. The Labute approximate surface area is 95.4 Å². The summed E-state index contributed by atoms with van der Waals surface area (Å²) in [5, 5.41) is 3.61. The fraction of sp³-hybridized carbons (Fsp3) is 1.00.